The molecule has 0 radical (unpaired) electrons. The van der Waals surface area contributed by atoms with E-state index in [9.17, 15) is 9.59 Å². The van der Waals surface area contributed by atoms with Gasteiger partial charge in [0, 0.05) is 17.7 Å². The monoisotopic (exact) mass is 526 g/mol. The fourth-order valence-corrected chi connectivity index (χ4v) is 5.11. The van der Waals surface area contributed by atoms with Gasteiger partial charge in [0.05, 0.1) is 30.1 Å². The summed E-state index contributed by atoms with van der Waals surface area (Å²) in [4.78, 5) is 25.9. The van der Waals surface area contributed by atoms with Gasteiger partial charge in [-0.15, -0.1) is 0 Å². The number of esters is 2. The Morgan fingerprint density at radius 3 is 2.16 bits per heavy atom. The molecule has 3 aromatic rings. The van der Waals surface area contributed by atoms with Crippen molar-refractivity contribution in [2.24, 2.45) is 0 Å². The Morgan fingerprint density at radius 2 is 1.51 bits per heavy atom. The summed E-state index contributed by atoms with van der Waals surface area (Å²) in [6.07, 6.45) is 0.0450. The Kier molecular flexibility index (Phi) is 6.88. The van der Waals surface area contributed by atoms with Crippen LogP contribution in [0.15, 0.2) is 72.8 Å². The molecule has 1 saturated heterocycles. The fourth-order valence-electron chi connectivity index (χ4n) is 4.83. The van der Waals surface area contributed by atoms with Crippen molar-refractivity contribution in [3.05, 3.63) is 100 Å². The molecule has 1 spiro atoms. The molecule has 2 aliphatic heterocycles. The molecule has 0 aliphatic carbocycles. The maximum atomic E-state index is 16.3. The molecule has 5 rings (SSSR count). The molecule has 3 aromatic carbocycles. The van der Waals surface area contributed by atoms with Gasteiger partial charge in [0.25, 0.3) is 5.79 Å². The smallest absolute Gasteiger partial charge is 0.353 e. The van der Waals surface area contributed by atoms with Gasteiger partial charge in [-0.3, -0.25) is 9.59 Å². The second kappa shape index (κ2) is 10.1. The number of rotatable bonds is 5. The number of anilines is 1. The lowest BCUT2D eigenvalue weighted by Crippen LogP contribution is -2.44. The highest BCUT2D eigenvalue weighted by atomic mass is 35.5. The molecule has 9 heteroatoms. The van der Waals surface area contributed by atoms with Crippen molar-refractivity contribution in [1.82, 2.24) is 5.32 Å². The standard InChI is InChI=1S/C28H25ClF2N2O4/c29-23-12-11-22-21(15-16-32-18-27(22)36-24(34)13-14-25(35)37-27)26(23)33(17-19-7-3-1-4-8-19)28(30,31)20-9-5-2-6-10-20/h1-12,32H,13-18H2. The average Bonchev–Trinajstić information content (AvgIpc) is 3.16. The third-order valence-corrected chi connectivity index (χ3v) is 6.86. The molecule has 0 saturated carbocycles. The zero-order valence-corrected chi connectivity index (χ0v) is 20.6. The van der Waals surface area contributed by atoms with Crippen LogP contribution in [0.5, 0.6) is 0 Å². The maximum Gasteiger partial charge on any atom is 0.353 e. The quantitative estimate of drug-likeness (QED) is 0.361. The van der Waals surface area contributed by atoms with Gasteiger partial charge >= 0.3 is 18.0 Å². The summed E-state index contributed by atoms with van der Waals surface area (Å²) in [6, 6.07) is 16.0. The van der Waals surface area contributed by atoms with E-state index >= 15 is 8.78 Å². The molecule has 0 atom stereocenters. The fraction of sp³-hybridized carbons (Fsp3) is 0.286. The first kappa shape index (κ1) is 25.2. The van der Waals surface area contributed by atoms with Crippen molar-refractivity contribution in [3.63, 3.8) is 0 Å². The normalized spacial score (nSPS) is 17.3. The van der Waals surface area contributed by atoms with E-state index in [2.05, 4.69) is 5.32 Å². The molecule has 0 bridgehead atoms. The first-order valence-electron chi connectivity index (χ1n) is 12.0. The molecule has 0 amide bonds. The lowest BCUT2D eigenvalue weighted by Gasteiger charge is -2.37. The predicted octanol–water partition coefficient (Wildman–Crippen LogP) is 5.27. The highest BCUT2D eigenvalue weighted by Crippen LogP contribution is 2.46. The van der Waals surface area contributed by atoms with Crippen LogP contribution in [0.2, 0.25) is 5.02 Å². The number of alkyl halides is 2. The van der Waals surface area contributed by atoms with Gasteiger partial charge in [0.1, 0.15) is 0 Å². The van der Waals surface area contributed by atoms with Crippen molar-refractivity contribution >= 4 is 29.2 Å². The number of hydrogen-bond acceptors (Lipinski definition) is 6. The lowest BCUT2D eigenvalue weighted by atomic mass is 9.95. The van der Waals surface area contributed by atoms with E-state index in [1.54, 1.807) is 48.5 Å². The third kappa shape index (κ3) is 4.91. The molecule has 37 heavy (non-hydrogen) atoms. The van der Waals surface area contributed by atoms with E-state index in [1.165, 1.54) is 18.2 Å². The Morgan fingerprint density at radius 1 is 0.892 bits per heavy atom. The second-order valence-corrected chi connectivity index (χ2v) is 9.44. The van der Waals surface area contributed by atoms with Crippen LogP contribution in [0.3, 0.4) is 0 Å². The summed E-state index contributed by atoms with van der Waals surface area (Å²) in [6.45, 7) is 0.207. The van der Waals surface area contributed by atoms with Crippen LogP contribution in [0, 0.1) is 0 Å². The molecule has 1 N–H and O–H groups in total. The number of carbonyl (C=O) groups excluding carboxylic acids is 2. The van der Waals surface area contributed by atoms with Gasteiger partial charge in [-0.05, 0) is 36.2 Å². The Labute approximate surface area is 218 Å². The highest BCUT2D eigenvalue weighted by molar-refractivity contribution is 6.33. The number of halogens is 3. The van der Waals surface area contributed by atoms with Crippen molar-refractivity contribution < 1.29 is 27.8 Å². The molecule has 0 aromatic heterocycles. The third-order valence-electron chi connectivity index (χ3n) is 6.56. The summed E-state index contributed by atoms with van der Waals surface area (Å²) >= 11 is 6.67. The van der Waals surface area contributed by atoms with Gasteiger partial charge in [0.15, 0.2) is 0 Å². The van der Waals surface area contributed by atoms with Crippen molar-refractivity contribution in [3.8, 4) is 0 Å². The number of benzene rings is 3. The lowest BCUT2D eigenvalue weighted by molar-refractivity contribution is -0.225. The van der Waals surface area contributed by atoms with Gasteiger partial charge in [-0.2, -0.15) is 8.78 Å². The van der Waals surface area contributed by atoms with E-state index < -0.39 is 23.8 Å². The summed E-state index contributed by atoms with van der Waals surface area (Å²) in [5, 5.41) is 3.23. The highest BCUT2D eigenvalue weighted by Gasteiger charge is 2.48. The molecule has 2 heterocycles. The van der Waals surface area contributed by atoms with Crippen LogP contribution < -0.4 is 10.2 Å². The van der Waals surface area contributed by atoms with E-state index in [-0.39, 0.29) is 48.6 Å². The number of nitrogens with zero attached hydrogens (tertiary/aromatic N) is 1. The van der Waals surface area contributed by atoms with E-state index in [0.29, 0.717) is 23.2 Å². The summed E-state index contributed by atoms with van der Waals surface area (Å²) in [5.41, 5.74) is 1.29. The number of fused-ring (bicyclic) bond motifs is 2. The Balaban J connectivity index is 1.72. The molecule has 6 nitrogen and oxygen atoms in total. The maximum absolute atomic E-state index is 16.3. The molecular formula is C28H25ClF2N2O4. The average molecular weight is 527 g/mol. The van der Waals surface area contributed by atoms with Crippen LogP contribution >= 0.6 is 11.6 Å². The van der Waals surface area contributed by atoms with Crippen LogP contribution in [-0.4, -0.2) is 25.0 Å². The number of carbonyl (C=O) groups is 2. The largest absolute Gasteiger partial charge is 0.416 e. The summed E-state index contributed by atoms with van der Waals surface area (Å²) in [5.74, 6) is -2.99. The number of hydrogen-bond donors (Lipinski definition) is 1. The van der Waals surface area contributed by atoms with Gasteiger partial charge in [-0.1, -0.05) is 72.3 Å². The summed E-state index contributed by atoms with van der Waals surface area (Å²) in [7, 11) is 0. The molecule has 1 fully saturated rings. The Hall–Kier alpha value is -3.49. The number of ether oxygens (including phenoxy) is 2. The minimum Gasteiger partial charge on any atom is -0.416 e. The summed E-state index contributed by atoms with van der Waals surface area (Å²) < 4.78 is 44.1. The first-order valence-corrected chi connectivity index (χ1v) is 12.4. The zero-order valence-electron chi connectivity index (χ0n) is 19.9. The van der Waals surface area contributed by atoms with Crippen LogP contribution in [0.25, 0.3) is 0 Å². The van der Waals surface area contributed by atoms with Crippen molar-refractivity contribution in [2.75, 3.05) is 18.0 Å². The van der Waals surface area contributed by atoms with Crippen LogP contribution in [-0.2, 0) is 43.9 Å². The van der Waals surface area contributed by atoms with Gasteiger partial charge in [-0.25, -0.2) is 0 Å². The second-order valence-electron chi connectivity index (χ2n) is 9.03. The van der Waals surface area contributed by atoms with Crippen molar-refractivity contribution in [1.29, 1.82) is 0 Å². The molecular weight excluding hydrogens is 502 g/mol. The van der Waals surface area contributed by atoms with E-state index in [0.717, 1.165) is 4.90 Å². The van der Waals surface area contributed by atoms with Crippen LogP contribution in [0.4, 0.5) is 14.5 Å². The zero-order chi connectivity index (χ0) is 26.0. The molecule has 0 unspecified atom stereocenters. The molecule has 2 aliphatic rings. The topological polar surface area (TPSA) is 67.9 Å². The van der Waals surface area contributed by atoms with Crippen molar-refractivity contribution in [2.45, 2.75) is 37.6 Å². The Bertz CT molecular complexity index is 1290. The number of nitrogens with one attached hydrogen (secondary N) is 1. The minimum absolute atomic E-state index is 0.00762. The first-order chi connectivity index (χ1) is 17.8. The van der Waals surface area contributed by atoms with Gasteiger partial charge in [0.2, 0.25) is 0 Å². The van der Waals surface area contributed by atoms with Gasteiger partial charge < -0.3 is 19.7 Å². The molecule has 192 valence electrons. The predicted molar refractivity (Wildman–Crippen MR) is 134 cm³/mol. The SMILES string of the molecule is O=C1CCC(=O)OC2(CNCCc3c2ccc(Cl)c3N(Cc2ccccc2)C(F)(F)c2ccccc2)O1. The van der Waals surface area contributed by atoms with E-state index in [1.807, 2.05) is 6.07 Å². The minimum atomic E-state index is -3.46. The van der Waals surface area contributed by atoms with E-state index in [4.69, 9.17) is 21.1 Å². The van der Waals surface area contributed by atoms with Crippen LogP contribution in [0.1, 0.15) is 35.1 Å².